The summed E-state index contributed by atoms with van der Waals surface area (Å²) in [5.74, 6) is 0.395. The van der Waals surface area contributed by atoms with E-state index in [0.29, 0.717) is 23.6 Å². The zero-order valence-corrected chi connectivity index (χ0v) is 13.5. The minimum Gasteiger partial charge on any atom is -0.381 e. The standard InChI is InChI=1S/C16H23N3O4/c1-3-12-4-5-14(10-15(12)19(21)22)18-16(20)17-11(2)13-6-8-23-9-7-13/h4-5,10-11,13H,3,6-9H2,1-2H3,(H2,17,18,20)/t11-/m1/s1. The van der Waals surface area contributed by atoms with E-state index in [0.717, 1.165) is 26.1 Å². The molecule has 0 aromatic heterocycles. The molecule has 0 aliphatic carbocycles. The molecule has 1 aromatic carbocycles. The molecule has 0 unspecified atom stereocenters. The second kappa shape index (κ2) is 7.92. The van der Waals surface area contributed by atoms with Crippen molar-refractivity contribution in [2.24, 2.45) is 5.92 Å². The smallest absolute Gasteiger partial charge is 0.319 e. The topological polar surface area (TPSA) is 93.5 Å². The summed E-state index contributed by atoms with van der Waals surface area (Å²) in [7, 11) is 0. The Labute approximate surface area is 135 Å². The Bertz CT molecular complexity index is 570. The summed E-state index contributed by atoms with van der Waals surface area (Å²) in [5.41, 5.74) is 1.10. The van der Waals surface area contributed by atoms with E-state index in [1.165, 1.54) is 6.07 Å². The van der Waals surface area contributed by atoms with Gasteiger partial charge >= 0.3 is 6.03 Å². The number of hydrogen-bond acceptors (Lipinski definition) is 4. The Morgan fingerprint density at radius 3 is 2.74 bits per heavy atom. The second-order valence-electron chi connectivity index (χ2n) is 5.79. The Morgan fingerprint density at radius 1 is 1.43 bits per heavy atom. The predicted octanol–water partition coefficient (Wildman–Crippen LogP) is 3.09. The minimum atomic E-state index is -0.424. The first-order valence-electron chi connectivity index (χ1n) is 7.93. The molecule has 0 bridgehead atoms. The van der Waals surface area contributed by atoms with Gasteiger partial charge in [-0.1, -0.05) is 13.0 Å². The molecule has 23 heavy (non-hydrogen) atoms. The largest absolute Gasteiger partial charge is 0.381 e. The molecule has 126 valence electrons. The molecule has 2 amide bonds. The van der Waals surface area contributed by atoms with Gasteiger partial charge in [-0.05, 0) is 38.2 Å². The Hall–Kier alpha value is -2.15. The van der Waals surface area contributed by atoms with Gasteiger partial charge in [0.05, 0.1) is 4.92 Å². The van der Waals surface area contributed by atoms with Crippen LogP contribution in [0.3, 0.4) is 0 Å². The van der Waals surface area contributed by atoms with E-state index in [1.54, 1.807) is 12.1 Å². The van der Waals surface area contributed by atoms with E-state index in [4.69, 9.17) is 4.74 Å². The molecule has 7 heteroatoms. The number of carbonyl (C=O) groups excluding carboxylic acids is 1. The van der Waals surface area contributed by atoms with Crippen LogP contribution >= 0.6 is 0 Å². The fraction of sp³-hybridized carbons (Fsp3) is 0.562. The SMILES string of the molecule is CCc1ccc(NC(=O)N[C@H](C)C2CCOCC2)cc1[N+](=O)[O-]. The molecule has 7 nitrogen and oxygen atoms in total. The number of ether oxygens (including phenoxy) is 1. The fourth-order valence-electron chi connectivity index (χ4n) is 2.82. The number of hydrogen-bond donors (Lipinski definition) is 2. The van der Waals surface area contributed by atoms with Crippen LogP contribution in [-0.4, -0.2) is 30.2 Å². The number of rotatable bonds is 5. The van der Waals surface area contributed by atoms with Gasteiger partial charge in [0.25, 0.3) is 5.69 Å². The number of urea groups is 1. The van der Waals surface area contributed by atoms with Crippen LogP contribution in [-0.2, 0) is 11.2 Å². The summed E-state index contributed by atoms with van der Waals surface area (Å²) >= 11 is 0. The van der Waals surface area contributed by atoms with Crippen molar-refractivity contribution in [3.05, 3.63) is 33.9 Å². The van der Waals surface area contributed by atoms with Crippen LogP contribution < -0.4 is 10.6 Å². The van der Waals surface area contributed by atoms with Crippen LogP contribution in [0.25, 0.3) is 0 Å². The van der Waals surface area contributed by atoms with Gasteiger partial charge in [-0.15, -0.1) is 0 Å². The van der Waals surface area contributed by atoms with Gasteiger partial charge in [-0.2, -0.15) is 0 Å². The van der Waals surface area contributed by atoms with E-state index in [2.05, 4.69) is 10.6 Å². The lowest BCUT2D eigenvalue weighted by atomic mass is 9.93. The Balaban J connectivity index is 1.96. The molecule has 1 aromatic rings. The number of nitrogens with zero attached hydrogens (tertiary/aromatic N) is 1. The summed E-state index contributed by atoms with van der Waals surface area (Å²) in [4.78, 5) is 22.7. The number of aryl methyl sites for hydroxylation is 1. The third-order valence-corrected chi connectivity index (χ3v) is 4.25. The highest BCUT2D eigenvalue weighted by atomic mass is 16.6. The van der Waals surface area contributed by atoms with Gasteiger partial charge in [0.2, 0.25) is 0 Å². The first kappa shape index (κ1) is 17.2. The number of carbonyl (C=O) groups is 1. The molecule has 0 radical (unpaired) electrons. The van der Waals surface area contributed by atoms with E-state index >= 15 is 0 Å². The molecular formula is C16H23N3O4. The van der Waals surface area contributed by atoms with Crippen molar-refractivity contribution in [1.82, 2.24) is 5.32 Å². The van der Waals surface area contributed by atoms with Crippen molar-refractivity contribution in [2.75, 3.05) is 18.5 Å². The maximum Gasteiger partial charge on any atom is 0.319 e. The van der Waals surface area contributed by atoms with E-state index in [9.17, 15) is 14.9 Å². The van der Waals surface area contributed by atoms with E-state index < -0.39 is 4.92 Å². The summed E-state index contributed by atoms with van der Waals surface area (Å²) in [5, 5.41) is 16.6. The molecule has 2 N–H and O–H groups in total. The van der Waals surface area contributed by atoms with Gasteiger partial charge in [-0.25, -0.2) is 4.79 Å². The van der Waals surface area contributed by atoms with Gasteiger partial charge in [0, 0.05) is 36.6 Å². The third-order valence-electron chi connectivity index (χ3n) is 4.25. The quantitative estimate of drug-likeness (QED) is 0.643. The summed E-state index contributed by atoms with van der Waals surface area (Å²) in [6.45, 7) is 5.28. The molecule has 1 saturated heterocycles. The number of amides is 2. The van der Waals surface area contributed by atoms with Gasteiger partial charge in [0.15, 0.2) is 0 Å². The van der Waals surface area contributed by atoms with Crippen LogP contribution in [0, 0.1) is 16.0 Å². The normalized spacial score (nSPS) is 16.6. The Kier molecular flexibility index (Phi) is 5.92. The van der Waals surface area contributed by atoms with Gasteiger partial charge < -0.3 is 15.4 Å². The van der Waals surface area contributed by atoms with Crippen molar-refractivity contribution in [3.8, 4) is 0 Å². The van der Waals surface area contributed by atoms with E-state index in [1.807, 2.05) is 13.8 Å². The lowest BCUT2D eigenvalue weighted by molar-refractivity contribution is -0.385. The maximum absolute atomic E-state index is 12.1. The first-order chi connectivity index (χ1) is 11.0. The zero-order chi connectivity index (χ0) is 16.8. The van der Waals surface area contributed by atoms with Crippen molar-refractivity contribution in [1.29, 1.82) is 0 Å². The second-order valence-corrected chi connectivity index (χ2v) is 5.79. The number of benzene rings is 1. The fourth-order valence-corrected chi connectivity index (χ4v) is 2.82. The molecule has 0 spiro atoms. The van der Waals surface area contributed by atoms with E-state index in [-0.39, 0.29) is 17.8 Å². The highest BCUT2D eigenvalue weighted by molar-refractivity contribution is 5.89. The number of anilines is 1. The lowest BCUT2D eigenvalue weighted by Gasteiger charge is -2.28. The van der Waals surface area contributed by atoms with Crippen molar-refractivity contribution in [2.45, 2.75) is 39.2 Å². The number of nitro benzene ring substituents is 1. The summed E-state index contributed by atoms with van der Waals surface area (Å²) in [6, 6.07) is 4.45. The molecule has 1 heterocycles. The van der Waals surface area contributed by atoms with Gasteiger partial charge in [-0.3, -0.25) is 10.1 Å². The molecule has 0 saturated carbocycles. The monoisotopic (exact) mass is 321 g/mol. The predicted molar refractivity (Wildman–Crippen MR) is 87.6 cm³/mol. The molecule has 1 aliphatic rings. The van der Waals surface area contributed by atoms with Gasteiger partial charge in [0.1, 0.15) is 0 Å². The van der Waals surface area contributed by atoms with Crippen molar-refractivity contribution in [3.63, 3.8) is 0 Å². The van der Waals surface area contributed by atoms with Crippen LogP contribution in [0.15, 0.2) is 18.2 Å². The molecular weight excluding hydrogens is 298 g/mol. The summed E-state index contributed by atoms with van der Waals surface area (Å²) in [6.07, 6.45) is 2.43. The van der Waals surface area contributed by atoms with Crippen LogP contribution in [0.1, 0.15) is 32.3 Å². The van der Waals surface area contributed by atoms with Crippen molar-refractivity contribution >= 4 is 17.4 Å². The highest BCUT2D eigenvalue weighted by Gasteiger charge is 2.22. The average molecular weight is 321 g/mol. The zero-order valence-electron chi connectivity index (χ0n) is 13.5. The first-order valence-corrected chi connectivity index (χ1v) is 7.93. The molecule has 1 atom stereocenters. The van der Waals surface area contributed by atoms with Crippen LogP contribution in [0.4, 0.5) is 16.2 Å². The minimum absolute atomic E-state index is 0.0303. The molecule has 1 aliphatic heterocycles. The number of nitro groups is 1. The van der Waals surface area contributed by atoms with Crippen LogP contribution in [0.5, 0.6) is 0 Å². The molecule has 1 fully saturated rings. The highest BCUT2D eigenvalue weighted by Crippen LogP contribution is 2.24. The van der Waals surface area contributed by atoms with Crippen molar-refractivity contribution < 1.29 is 14.5 Å². The maximum atomic E-state index is 12.1. The lowest BCUT2D eigenvalue weighted by Crippen LogP contribution is -2.42. The molecule has 2 rings (SSSR count). The number of nitrogens with one attached hydrogen (secondary N) is 2. The average Bonchev–Trinajstić information content (AvgIpc) is 2.55. The summed E-state index contributed by atoms with van der Waals surface area (Å²) < 4.78 is 5.32. The van der Waals surface area contributed by atoms with Crippen LogP contribution in [0.2, 0.25) is 0 Å². The third kappa shape index (κ3) is 4.66. The Morgan fingerprint density at radius 2 is 2.13 bits per heavy atom.